The molecule has 1 amide bonds. The molecular formula is C19H26N4O4. The summed E-state index contributed by atoms with van der Waals surface area (Å²) in [6, 6.07) is 5.53. The molecule has 0 saturated carbocycles. The van der Waals surface area contributed by atoms with Crippen molar-refractivity contribution in [3.63, 3.8) is 0 Å². The van der Waals surface area contributed by atoms with E-state index in [1.54, 1.807) is 20.3 Å². The number of ether oxygens (including phenoxy) is 3. The highest BCUT2D eigenvalue weighted by Gasteiger charge is 2.42. The van der Waals surface area contributed by atoms with Crippen LogP contribution in [0, 0.1) is 0 Å². The van der Waals surface area contributed by atoms with E-state index < -0.39 is 5.54 Å². The highest BCUT2D eigenvalue weighted by atomic mass is 16.5. The maximum Gasteiger partial charge on any atom is 0.248 e. The Morgan fingerprint density at radius 1 is 1.26 bits per heavy atom. The number of hydrogen-bond donors (Lipinski definition) is 1. The number of methoxy groups -OCH3 is 2. The minimum Gasteiger partial charge on any atom is -0.497 e. The van der Waals surface area contributed by atoms with Crippen molar-refractivity contribution in [2.24, 2.45) is 0 Å². The zero-order valence-electron chi connectivity index (χ0n) is 16.4. The van der Waals surface area contributed by atoms with Gasteiger partial charge in [-0.05, 0) is 24.6 Å². The van der Waals surface area contributed by atoms with E-state index in [0.29, 0.717) is 30.5 Å². The summed E-state index contributed by atoms with van der Waals surface area (Å²) in [5.74, 6) is 2.81. The zero-order valence-corrected chi connectivity index (χ0v) is 16.4. The summed E-state index contributed by atoms with van der Waals surface area (Å²) >= 11 is 0. The van der Waals surface area contributed by atoms with E-state index in [-0.39, 0.29) is 18.4 Å². The fraction of sp³-hybridized carbons (Fsp3) is 0.526. The van der Waals surface area contributed by atoms with Crippen molar-refractivity contribution < 1.29 is 19.0 Å². The summed E-state index contributed by atoms with van der Waals surface area (Å²) < 4.78 is 18.1. The zero-order chi connectivity index (χ0) is 19.6. The normalized spacial score (nSPS) is 18.9. The minimum atomic E-state index is -0.903. The van der Waals surface area contributed by atoms with E-state index in [1.165, 1.54) is 0 Å². The van der Waals surface area contributed by atoms with Crippen LogP contribution in [0.5, 0.6) is 11.5 Å². The van der Waals surface area contributed by atoms with Gasteiger partial charge in [-0.1, -0.05) is 13.8 Å². The lowest BCUT2D eigenvalue weighted by Gasteiger charge is -2.35. The molecule has 0 saturated heterocycles. The number of carbonyl (C=O) groups is 1. The predicted octanol–water partition coefficient (Wildman–Crippen LogP) is 1.98. The van der Waals surface area contributed by atoms with E-state index in [2.05, 4.69) is 15.5 Å². The monoisotopic (exact) mass is 374 g/mol. The number of amides is 1. The molecule has 1 aromatic heterocycles. The highest BCUT2D eigenvalue weighted by Crippen LogP contribution is 2.29. The van der Waals surface area contributed by atoms with E-state index in [0.717, 1.165) is 11.4 Å². The first-order chi connectivity index (χ1) is 12.9. The first-order valence-corrected chi connectivity index (χ1v) is 8.91. The second kappa shape index (κ2) is 7.56. The largest absolute Gasteiger partial charge is 0.497 e. The molecule has 8 heteroatoms. The number of nitrogens with one attached hydrogen (secondary N) is 1. The van der Waals surface area contributed by atoms with Gasteiger partial charge in [0.25, 0.3) is 0 Å². The Labute approximate surface area is 158 Å². The highest BCUT2D eigenvalue weighted by molar-refractivity contribution is 5.84. The van der Waals surface area contributed by atoms with Crippen LogP contribution in [0.1, 0.15) is 43.9 Å². The lowest BCUT2D eigenvalue weighted by Crippen LogP contribution is -2.53. The summed E-state index contributed by atoms with van der Waals surface area (Å²) in [4.78, 5) is 13.1. The van der Waals surface area contributed by atoms with Crippen LogP contribution in [0.15, 0.2) is 18.2 Å². The Morgan fingerprint density at radius 3 is 2.52 bits per heavy atom. The van der Waals surface area contributed by atoms with E-state index in [9.17, 15) is 4.79 Å². The Kier molecular flexibility index (Phi) is 5.36. The Bertz CT molecular complexity index is 811. The first kappa shape index (κ1) is 19.2. The fourth-order valence-corrected chi connectivity index (χ4v) is 3.25. The maximum atomic E-state index is 13.1. The molecule has 2 heterocycles. The molecule has 1 aromatic carbocycles. The van der Waals surface area contributed by atoms with Gasteiger partial charge in [-0.15, -0.1) is 10.2 Å². The molecule has 0 aliphatic carbocycles. The van der Waals surface area contributed by atoms with Gasteiger partial charge in [-0.2, -0.15) is 0 Å². The standard InChI is InChI=1S/C19H26N4O4/c1-12(2)17-22-21-16-10-27-11-19(3,23(16)17)18(24)20-9-13-6-14(25-4)8-15(7-13)26-5/h6-8,12H,9-11H2,1-5H3,(H,20,24). The van der Waals surface area contributed by atoms with Crippen molar-refractivity contribution >= 4 is 5.91 Å². The lowest BCUT2D eigenvalue weighted by atomic mass is 9.98. The molecule has 2 aromatic rings. The second-order valence-corrected chi connectivity index (χ2v) is 7.13. The Morgan fingerprint density at radius 2 is 1.93 bits per heavy atom. The molecule has 27 heavy (non-hydrogen) atoms. The molecule has 1 N–H and O–H groups in total. The third-order valence-corrected chi connectivity index (χ3v) is 4.73. The number of benzene rings is 1. The third kappa shape index (κ3) is 3.62. The molecule has 0 fully saturated rings. The average Bonchev–Trinajstić information content (AvgIpc) is 3.11. The number of nitrogens with zero attached hydrogens (tertiary/aromatic N) is 3. The smallest absolute Gasteiger partial charge is 0.248 e. The van der Waals surface area contributed by atoms with Gasteiger partial charge in [-0.25, -0.2) is 0 Å². The number of hydrogen-bond acceptors (Lipinski definition) is 6. The first-order valence-electron chi connectivity index (χ1n) is 8.91. The maximum absolute atomic E-state index is 13.1. The Balaban J connectivity index is 1.82. The van der Waals surface area contributed by atoms with Gasteiger partial charge in [0.1, 0.15) is 29.5 Å². The number of carbonyl (C=O) groups excluding carboxylic acids is 1. The van der Waals surface area contributed by atoms with Gasteiger partial charge in [0, 0.05) is 18.5 Å². The molecule has 1 aliphatic rings. The molecule has 8 nitrogen and oxygen atoms in total. The molecule has 1 aliphatic heterocycles. The van der Waals surface area contributed by atoms with Crippen LogP contribution in [0.3, 0.4) is 0 Å². The fourth-order valence-electron chi connectivity index (χ4n) is 3.25. The predicted molar refractivity (Wildman–Crippen MR) is 98.8 cm³/mol. The third-order valence-electron chi connectivity index (χ3n) is 4.73. The minimum absolute atomic E-state index is 0.146. The van der Waals surface area contributed by atoms with Gasteiger partial charge in [-0.3, -0.25) is 9.36 Å². The molecule has 1 unspecified atom stereocenters. The molecule has 0 spiro atoms. The molecule has 0 bridgehead atoms. The summed E-state index contributed by atoms with van der Waals surface area (Å²) in [5, 5.41) is 11.5. The average molecular weight is 374 g/mol. The van der Waals surface area contributed by atoms with Crippen LogP contribution < -0.4 is 14.8 Å². The number of fused-ring (bicyclic) bond motifs is 1. The van der Waals surface area contributed by atoms with Crippen molar-refractivity contribution in [3.8, 4) is 11.5 Å². The molecule has 146 valence electrons. The summed E-state index contributed by atoms with van der Waals surface area (Å²) in [5.41, 5.74) is -0.0208. The van der Waals surface area contributed by atoms with Gasteiger partial charge < -0.3 is 19.5 Å². The van der Waals surface area contributed by atoms with E-state index in [1.807, 2.05) is 37.5 Å². The van der Waals surface area contributed by atoms with Crippen molar-refractivity contribution in [1.29, 1.82) is 0 Å². The van der Waals surface area contributed by atoms with Gasteiger partial charge in [0.2, 0.25) is 5.91 Å². The second-order valence-electron chi connectivity index (χ2n) is 7.13. The lowest BCUT2D eigenvalue weighted by molar-refractivity contribution is -0.135. The van der Waals surface area contributed by atoms with Crippen LogP contribution in [0.25, 0.3) is 0 Å². The van der Waals surface area contributed by atoms with Crippen LogP contribution in [0.4, 0.5) is 0 Å². The van der Waals surface area contributed by atoms with Crippen molar-refractivity contribution in [2.75, 3.05) is 20.8 Å². The Hall–Kier alpha value is -2.61. The molecule has 1 atom stereocenters. The topological polar surface area (TPSA) is 87.5 Å². The molecule has 3 rings (SSSR count). The van der Waals surface area contributed by atoms with Crippen molar-refractivity contribution in [3.05, 3.63) is 35.4 Å². The molecule has 0 radical (unpaired) electrons. The van der Waals surface area contributed by atoms with E-state index in [4.69, 9.17) is 14.2 Å². The SMILES string of the molecule is COc1cc(CNC(=O)C2(C)COCc3nnc(C(C)C)n32)cc(OC)c1. The summed E-state index contributed by atoms with van der Waals surface area (Å²) in [6.45, 7) is 6.89. The van der Waals surface area contributed by atoms with Crippen LogP contribution in [-0.2, 0) is 28.2 Å². The van der Waals surface area contributed by atoms with Gasteiger partial charge in [0.05, 0.1) is 20.8 Å². The number of rotatable bonds is 6. The van der Waals surface area contributed by atoms with Crippen LogP contribution in [0.2, 0.25) is 0 Å². The van der Waals surface area contributed by atoms with Gasteiger partial charge in [0.15, 0.2) is 5.82 Å². The van der Waals surface area contributed by atoms with Crippen LogP contribution in [-0.4, -0.2) is 41.5 Å². The van der Waals surface area contributed by atoms with Crippen LogP contribution >= 0.6 is 0 Å². The van der Waals surface area contributed by atoms with E-state index >= 15 is 0 Å². The summed E-state index contributed by atoms with van der Waals surface area (Å²) in [7, 11) is 3.19. The quantitative estimate of drug-likeness (QED) is 0.832. The van der Waals surface area contributed by atoms with Crippen molar-refractivity contribution in [2.45, 2.75) is 45.4 Å². The summed E-state index contributed by atoms with van der Waals surface area (Å²) in [6.07, 6.45) is 0. The molecular weight excluding hydrogens is 348 g/mol. The van der Waals surface area contributed by atoms with Gasteiger partial charge >= 0.3 is 0 Å². The number of aromatic nitrogens is 3. The van der Waals surface area contributed by atoms with Crippen molar-refractivity contribution in [1.82, 2.24) is 20.1 Å².